The summed E-state index contributed by atoms with van der Waals surface area (Å²) < 4.78 is 4.73. The van der Waals surface area contributed by atoms with Gasteiger partial charge in [-0.2, -0.15) is 0 Å². The Bertz CT molecular complexity index is 429. The van der Waals surface area contributed by atoms with E-state index in [1.54, 1.807) is 0 Å². The Labute approximate surface area is 84.2 Å². The van der Waals surface area contributed by atoms with Crippen LogP contribution in [0.25, 0.3) is 0 Å². The fourth-order valence-electron chi connectivity index (χ4n) is 1.06. The molecule has 0 aliphatic rings. The minimum Gasteiger partial charge on any atom is -0.494 e. The second kappa shape index (κ2) is 3.82. The minimum absolute atomic E-state index is 0.0263. The van der Waals surface area contributed by atoms with Crippen molar-refractivity contribution in [3.05, 3.63) is 27.8 Å². The lowest BCUT2D eigenvalue weighted by molar-refractivity contribution is -0.384. The number of nitrogens with two attached hydrogens (primary N) is 1. The molecule has 0 saturated heterocycles. The number of carboxylic acids is 1. The van der Waals surface area contributed by atoms with E-state index in [1.165, 1.54) is 7.11 Å². The first kappa shape index (κ1) is 10.8. The first-order valence-corrected chi connectivity index (χ1v) is 3.82. The van der Waals surface area contributed by atoms with Crippen molar-refractivity contribution in [3.63, 3.8) is 0 Å². The smallest absolute Gasteiger partial charge is 0.336 e. The standard InChI is InChI=1S/C8H8N2O5/c1-15-6-3-4(8(11)12)2-5(7(6)9)10(13)14/h2-3H,9H2,1H3,(H,11,12). The normalized spacial score (nSPS) is 9.67. The number of nitrogen functional groups attached to an aromatic ring is 1. The number of benzene rings is 1. The monoisotopic (exact) mass is 212 g/mol. The van der Waals surface area contributed by atoms with Crippen LogP contribution in [-0.4, -0.2) is 23.1 Å². The van der Waals surface area contributed by atoms with Crippen LogP contribution in [0.4, 0.5) is 11.4 Å². The maximum atomic E-state index is 10.6. The van der Waals surface area contributed by atoms with Gasteiger partial charge in [-0.15, -0.1) is 0 Å². The average Bonchev–Trinajstić information content (AvgIpc) is 2.17. The van der Waals surface area contributed by atoms with E-state index in [2.05, 4.69) is 0 Å². The molecule has 0 spiro atoms. The van der Waals surface area contributed by atoms with Crippen LogP contribution in [0.5, 0.6) is 5.75 Å². The quantitative estimate of drug-likeness (QED) is 0.436. The molecule has 0 aromatic heterocycles. The van der Waals surface area contributed by atoms with Crippen molar-refractivity contribution in [2.75, 3.05) is 12.8 Å². The van der Waals surface area contributed by atoms with Crippen molar-refractivity contribution >= 4 is 17.3 Å². The van der Waals surface area contributed by atoms with Crippen molar-refractivity contribution in [2.45, 2.75) is 0 Å². The zero-order valence-electron chi connectivity index (χ0n) is 7.76. The summed E-state index contributed by atoms with van der Waals surface area (Å²) in [4.78, 5) is 20.4. The van der Waals surface area contributed by atoms with Crippen LogP contribution < -0.4 is 10.5 Å². The van der Waals surface area contributed by atoms with Gasteiger partial charge in [-0.25, -0.2) is 4.79 Å². The molecule has 0 heterocycles. The van der Waals surface area contributed by atoms with Crippen molar-refractivity contribution in [1.29, 1.82) is 0 Å². The Morgan fingerprint density at radius 3 is 2.60 bits per heavy atom. The summed E-state index contributed by atoms with van der Waals surface area (Å²) >= 11 is 0. The fraction of sp³-hybridized carbons (Fsp3) is 0.125. The third kappa shape index (κ3) is 1.96. The molecule has 1 aromatic carbocycles. The summed E-state index contributed by atoms with van der Waals surface area (Å²) in [6.07, 6.45) is 0. The maximum Gasteiger partial charge on any atom is 0.336 e. The molecule has 7 heteroatoms. The van der Waals surface area contributed by atoms with Crippen LogP contribution in [-0.2, 0) is 0 Å². The topological polar surface area (TPSA) is 116 Å². The van der Waals surface area contributed by atoms with Gasteiger partial charge in [0.2, 0.25) is 0 Å². The number of methoxy groups -OCH3 is 1. The first-order valence-electron chi connectivity index (χ1n) is 3.82. The highest BCUT2D eigenvalue weighted by Crippen LogP contribution is 2.32. The van der Waals surface area contributed by atoms with Crippen LogP contribution >= 0.6 is 0 Å². The molecule has 1 rings (SSSR count). The maximum absolute atomic E-state index is 10.6. The average molecular weight is 212 g/mol. The molecule has 1 aromatic rings. The molecule has 0 fully saturated rings. The van der Waals surface area contributed by atoms with Gasteiger partial charge >= 0.3 is 5.97 Å². The zero-order chi connectivity index (χ0) is 11.6. The molecule has 7 nitrogen and oxygen atoms in total. The van der Waals surface area contributed by atoms with E-state index in [9.17, 15) is 14.9 Å². The summed E-state index contributed by atoms with van der Waals surface area (Å²) in [6.45, 7) is 0. The number of anilines is 1. The van der Waals surface area contributed by atoms with Crippen LogP contribution in [0.15, 0.2) is 12.1 Å². The predicted molar refractivity (Wildman–Crippen MR) is 51.0 cm³/mol. The molecule has 0 aliphatic heterocycles. The zero-order valence-corrected chi connectivity index (χ0v) is 7.76. The third-order valence-electron chi connectivity index (χ3n) is 1.78. The molecule has 0 bridgehead atoms. The van der Waals surface area contributed by atoms with E-state index in [-0.39, 0.29) is 17.0 Å². The summed E-state index contributed by atoms with van der Waals surface area (Å²) in [5.41, 5.74) is 4.49. The van der Waals surface area contributed by atoms with Gasteiger partial charge < -0.3 is 15.6 Å². The Morgan fingerprint density at radius 2 is 2.20 bits per heavy atom. The number of nitro benzene ring substituents is 1. The Morgan fingerprint density at radius 1 is 1.60 bits per heavy atom. The molecule has 0 unspecified atom stereocenters. The molecular formula is C8H8N2O5. The van der Waals surface area contributed by atoms with E-state index in [0.29, 0.717) is 0 Å². The lowest BCUT2D eigenvalue weighted by Gasteiger charge is -2.05. The van der Waals surface area contributed by atoms with Gasteiger partial charge in [0.1, 0.15) is 5.75 Å². The molecule has 15 heavy (non-hydrogen) atoms. The van der Waals surface area contributed by atoms with Crippen molar-refractivity contribution < 1.29 is 19.6 Å². The number of nitrogens with zero attached hydrogens (tertiary/aromatic N) is 1. The highest BCUT2D eigenvalue weighted by Gasteiger charge is 2.20. The van der Waals surface area contributed by atoms with E-state index in [1.807, 2.05) is 0 Å². The summed E-state index contributed by atoms with van der Waals surface area (Å²) in [7, 11) is 1.25. The van der Waals surface area contributed by atoms with Gasteiger partial charge in [0, 0.05) is 6.07 Å². The summed E-state index contributed by atoms with van der Waals surface area (Å²) in [5, 5.41) is 19.2. The van der Waals surface area contributed by atoms with Crippen LogP contribution in [0.2, 0.25) is 0 Å². The van der Waals surface area contributed by atoms with Crippen LogP contribution in [0, 0.1) is 10.1 Å². The van der Waals surface area contributed by atoms with Gasteiger partial charge in [0.25, 0.3) is 5.69 Å². The largest absolute Gasteiger partial charge is 0.494 e. The molecule has 0 radical (unpaired) electrons. The second-order valence-corrected chi connectivity index (χ2v) is 2.67. The SMILES string of the molecule is COc1cc(C(=O)O)cc([N+](=O)[O-])c1N. The van der Waals surface area contributed by atoms with E-state index < -0.39 is 16.6 Å². The first-order chi connectivity index (χ1) is 6.97. The lowest BCUT2D eigenvalue weighted by atomic mass is 10.1. The third-order valence-corrected chi connectivity index (χ3v) is 1.78. The number of hydrogen-bond donors (Lipinski definition) is 2. The van der Waals surface area contributed by atoms with E-state index >= 15 is 0 Å². The number of carbonyl (C=O) groups is 1. The number of rotatable bonds is 3. The van der Waals surface area contributed by atoms with Gasteiger partial charge in [-0.3, -0.25) is 10.1 Å². The summed E-state index contributed by atoms with van der Waals surface area (Å²) in [5.74, 6) is -1.31. The van der Waals surface area contributed by atoms with Crippen molar-refractivity contribution in [2.24, 2.45) is 0 Å². The molecule has 0 atom stereocenters. The number of ether oxygens (including phenoxy) is 1. The Balaban J connectivity index is 3.45. The number of hydrogen-bond acceptors (Lipinski definition) is 5. The molecule has 0 aliphatic carbocycles. The Kier molecular flexibility index (Phi) is 2.75. The molecule has 80 valence electrons. The highest BCUT2D eigenvalue weighted by molar-refractivity contribution is 5.91. The number of carboxylic acid groups (broad SMARTS) is 1. The van der Waals surface area contributed by atoms with Gasteiger partial charge in [-0.1, -0.05) is 0 Å². The highest BCUT2D eigenvalue weighted by atomic mass is 16.6. The van der Waals surface area contributed by atoms with Crippen LogP contribution in [0.1, 0.15) is 10.4 Å². The predicted octanol–water partition coefficient (Wildman–Crippen LogP) is 0.884. The minimum atomic E-state index is -1.28. The molecule has 3 N–H and O–H groups in total. The van der Waals surface area contributed by atoms with Crippen molar-refractivity contribution in [3.8, 4) is 5.75 Å². The number of aromatic carboxylic acids is 1. The summed E-state index contributed by atoms with van der Waals surface area (Å²) in [6, 6.07) is 2.02. The Hall–Kier alpha value is -2.31. The molecule has 0 saturated carbocycles. The fourth-order valence-corrected chi connectivity index (χ4v) is 1.06. The molecular weight excluding hydrogens is 204 g/mol. The second-order valence-electron chi connectivity index (χ2n) is 2.67. The number of nitro groups is 1. The van der Waals surface area contributed by atoms with Gasteiger partial charge in [-0.05, 0) is 6.07 Å². The van der Waals surface area contributed by atoms with Gasteiger partial charge in [0.15, 0.2) is 5.69 Å². The lowest BCUT2D eigenvalue weighted by Crippen LogP contribution is -2.03. The van der Waals surface area contributed by atoms with Crippen LogP contribution in [0.3, 0.4) is 0 Å². The van der Waals surface area contributed by atoms with Crippen molar-refractivity contribution in [1.82, 2.24) is 0 Å². The van der Waals surface area contributed by atoms with E-state index in [0.717, 1.165) is 12.1 Å². The van der Waals surface area contributed by atoms with E-state index in [4.69, 9.17) is 15.6 Å². The van der Waals surface area contributed by atoms with Gasteiger partial charge in [0.05, 0.1) is 17.6 Å². The molecule has 0 amide bonds.